The van der Waals surface area contributed by atoms with Crippen LogP contribution in [-0.4, -0.2) is 58.8 Å². The standard InChI is InChI=1S/C27H30N4O4/c32-24-8-7-22(25(33)29-24)31-16-20-13-18(5-6-21(20)26(31)34)14-30-15-19-3-1-2-4-23(19)35-27(17-30)9-11-28-12-10-27/h1-6,13,22,28H,7-12,14-17H2,(H,29,32,33). The lowest BCUT2D eigenvalue weighted by atomic mass is 9.91. The van der Waals surface area contributed by atoms with Gasteiger partial charge in [0.05, 0.1) is 0 Å². The van der Waals surface area contributed by atoms with E-state index in [0.717, 1.165) is 62.4 Å². The SMILES string of the molecule is O=C1CCC(N2Cc3cc(CN4Cc5ccccc5OC5(CCNCC5)C4)ccc3C2=O)C(=O)N1. The fourth-order valence-corrected chi connectivity index (χ4v) is 5.94. The molecule has 0 radical (unpaired) electrons. The van der Waals surface area contributed by atoms with Gasteiger partial charge in [-0.2, -0.15) is 0 Å². The summed E-state index contributed by atoms with van der Waals surface area (Å²) in [4.78, 5) is 41.0. The average molecular weight is 475 g/mol. The maximum atomic E-state index is 13.0. The molecule has 8 nitrogen and oxygen atoms in total. The van der Waals surface area contributed by atoms with E-state index in [2.05, 4.69) is 39.8 Å². The van der Waals surface area contributed by atoms with Crippen molar-refractivity contribution in [2.45, 2.75) is 57.0 Å². The van der Waals surface area contributed by atoms with Gasteiger partial charge in [0.25, 0.3) is 5.91 Å². The van der Waals surface area contributed by atoms with Crippen LogP contribution in [0.5, 0.6) is 5.75 Å². The highest BCUT2D eigenvalue weighted by Gasteiger charge is 2.40. The number of ether oxygens (including phenoxy) is 1. The predicted octanol–water partition coefficient (Wildman–Crippen LogP) is 1.96. The fourth-order valence-electron chi connectivity index (χ4n) is 5.94. The van der Waals surface area contributed by atoms with Crippen molar-refractivity contribution in [3.63, 3.8) is 0 Å². The smallest absolute Gasteiger partial charge is 0.255 e. The van der Waals surface area contributed by atoms with E-state index in [4.69, 9.17) is 4.74 Å². The topological polar surface area (TPSA) is 91.0 Å². The lowest BCUT2D eigenvalue weighted by Gasteiger charge is -2.39. The van der Waals surface area contributed by atoms with Crippen molar-refractivity contribution in [2.75, 3.05) is 19.6 Å². The van der Waals surface area contributed by atoms with E-state index in [-0.39, 0.29) is 29.7 Å². The Morgan fingerprint density at radius 3 is 2.66 bits per heavy atom. The first-order valence-corrected chi connectivity index (χ1v) is 12.5. The van der Waals surface area contributed by atoms with Gasteiger partial charge in [-0.15, -0.1) is 0 Å². The highest BCUT2D eigenvalue weighted by atomic mass is 16.5. The molecule has 6 rings (SSSR count). The number of imide groups is 1. The minimum Gasteiger partial charge on any atom is -0.486 e. The molecule has 2 fully saturated rings. The summed E-state index contributed by atoms with van der Waals surface area (Å²) in [6.45, 7) is 4.72. The number of hydrogen-bond acceptors (Lipinski definition) is 6. The van der Waals surface area contributed by atoms with Crippen LogP contribution >= 0.6 is 0 Å². The Hall–Kier alpha value is -3.23. The molecule has 4 aliphatic rings. The number of piperidine rings is 2. The highest BCUT2D eigenvalue weighted by Crippen LogP contribution is 2.35. The first kappa shape index (κ1) is 22.2. The molecule has 1 atom stereocenters. The Bertz CT molecular complexity index is 1190. The molecular weight excluding hydrogens is 444 g/mol. The number of hydrogen-bond donors (Lipinski definition) is 2. The molecule has 4 heterocycles. The molecule has 2 saturated heterocycles. The molecule has 2 aromatic carbocycles. The number of rotatable bonds is 3. The predicted molar refractivity (Wildman–Crippen MR) is 129 cm³/mol. The quantitative estimate of drug-likeness (QED) is 0.661. The van der Waals surface area contributed by atoms with Crippen molar-refractivity contribution >= 4 is 17.7 Å². The van der Waals surface area contributed by atoms with E-state index in [9.17, 15) is 14.4 Å². The first-order valence-electron chi connectivity index (χ1n) is 12.5. The summed E-state index contributed by atoms with van der Waals surface area (Å²) < 4.78 is 6.65. The van der Waals surface area contributed by atoms with E-state index in [1.807, 2.05) is 18.2 Å². The summed E-state index contributed by atoms with van der Waals surface area (Å²) in [5.74, 6) is 0.202. The van der Waals surface area contributed by atoms with Crippen molar-refractivity contribution in [3.8, 4) is 5.75 Å². The maximum absolute atomic E-state index is 13.0. The van der Waals surface area contributed by atoms with Gasteiger partial charge in [0.2, 0.25) is 11.8 Å². The van der Waals surface area contributed by atoms with Crippen LogP contribution in [-0.2, 0) is 29.2 Å². The van der Waals surface area contributed by atoms with E-state index < -0.39 is 6.04 Å². The molecule has 35 heavy (non-hydrogen) atoms. The van der Waals surface area contributed by atoms with Crippen molar-refractivity contribution < 1.29 is 19.1 Å². The summed E-state index contributed by atoms with van der Waals surface area (Å²) in [5, 5.41) is 5.82. The summed E-state index contributed by atoms with van der Waals surface area (Å²) >= 11 is 0. The number of para-hydroxylation sites is 1. The summed E-state index contributed by atoms with van der Waals surface area (Å²) in [6, 6.07) is 13.7. The number of nitrogens with zero attached hydrogens (tertiary/aromatic N) is 2. The van der Waals surface area contributed by atoms with Crippen LogP contribution in [0.2, 0.25) is 0 Å². The summed E-state index contributed by atoms with van der Waals surface area (Å²) in [7, 11) is 0. The lowest BCUT2D eigenvalue weighted by Crippen LogP contribution is -2.52. The summed E-state index contributed by atoms with van der Waals surface area (Å²) in [6.07, 6.45) is 2.58. The number of carbonyl (C=O) groups is 3. The molecule has 0 aromatic heterocycles. The average Bonchev–Trinajstić information content (AvgIpc) is 3.07. The van der Waals surface area contributed by atoms with Gasteiger partial charge in [0.1, 0.15) is 17.4 Å². The van der Waals surface area contributed by atoms with Gasteiger partial charge in [0.15, 0.2) is 0 Å². The Labute approximate surface area is 204 Å². The van der Waals surface area contributed by atoms with Crippen LogP contribution < -0.4 is 15.4 Å². The Morgan fingerprint density at radius 2 is 1.83 bits per heavy atom. The second-order valence-corrected chi connectivity index (χ2v) is 10.2. The second-order valence-electron chi connectivity index (χ2n) is 10.2. The number of amides is 3. The molecule has 0 bridgehead atoms. The molecule has 1 spiro atoms. The van der Waals surface area contributed by atoms with Crippen molar-refractivity contribution in [1.29, 1.82) is 0 Å². The van der Waals surface area contributed by atoms with Gasteiger partial charge in [-0.25, -0.2) is 0 Å². The zero-order valence-electron chi connectivity index (χ0n) is 19.7. The van der Waals surface area contributed by atoms with E-state index in [0.29, 0.717) is 18.5 Å². The minimum atomic E-state index is -0.588. The third-order valence-electron chi connectivity index (χ3n) is 7.71. The van der Waals surface area contributed by atoms with Gasteiger partial charge < -0.3 is 15.0 Å². The Balaban J connectivity index is 1.22. The fraction of sp³-hybridized carbons (Fsp3) is 0.444. The molecule has 2 aromatic rings. The van der Waals surface area contributed by atoms with Crippen LogP contribution in [0.3, 0.4) is 0 Å². The van der Waals surface area contributed by atoms with E-state index >= 15 is 0 Å². The molecule has 4 aliphatic heterocycles. The third-order valence-corrected chi connectivity index (χ3v) is 7.71. The Morgan fingerprint density at radius 1 is 1.00 bits per heavy atom. The first-order chi connectivity index (χ1) is 17.0. The van der Waals surface area contributed by atoms with Crippen LogP contribution in [0.1, 0.15) is 52.7 Å². The molecule has 8 heteroatoms. The van der Waals surface area contributed by atoms with Crippen LogP contribution in [0.4, 0.5) is 0 Å². The van der Waals surface area contributed by atoms with E-state index in [1.54, 1.807) is 4.90 Å². The molecule has 182 valence electrons. The van der Waals surface area contributed by atoms with Crippen LogP contribution in [0, 0.1) is 0 Å². The summed E-state index contributed by atoms with van der Waals surface area (Å²) in [5.41, 5.74) is 3.74. The van der Waals surface area contributed by atoms with Crippen LogP contribution in [0.25, 0.3) is 0 Å². The van der Waals surface area contributed by atoms with Crippen LogP contribution in [0.15, 0.2) is 42.5 Å². The normalized spacial score (nSPS) is 23.9. The number of fused-ring (bicyclic) bond motifs is 2. The zero-order valence-corrected chi connectivity index (χ0v) is 19.7. The molecule has 1 unspecified atom stereocenters. The zero-order chi connectivity index (χ0) is 24.0. The number of nitrogens with one attached hydrogen (secondary N) is 2. The third kappa shape index (κ3) is 4.21. The monoisotopic (exact) mass is 474 g/mol. The van der Waals surface area contributed by atoms with Gasteiger partial charge in [-0.1, -0.05) is 30.3 Å². The van der Waals surface area contributed by atoms with Crippen molar-refractivity contribution in [3.05, 3.63) is 64.7 Å². The van der Waals surface area contributed by atoms with Crippen molar-refractivity contribution in [2.24, 2.45) is 0 Å². The maximum Gasteiger partial charge on any atom is 0.255 e. The van der Waals surface area contributed by atoms with Crippen molar-refractivity contribution in [1.82, 2.24) is 20.4 Å². The second kappa shape index (κ2) is 8.77. The molecular formula is C27H30N4O4. The number of benzene rings is 2. The number of carbonyl (C=O) groups excluding carboxylic acids is 3. The van der Waals surface area contributed by atoms with Gasteiger partial charge in [0, 0.05) is 56.6 Å². The van der Waals surface area contributed by atoms with Gasteiger partial charge in [-0.3, -0.25) is 24.6 Å². The molecule has 3 amide bonds. The highest BCUT2D eigenvalue weighted by molar-refractivity contribution is 6.05. The lowest BCUT2D eigenvalue weighted by molar-refractivity contribution is -0.136. The largest absolute Gasteiger partial charge is 0.486 e. The van der Waals surface area contributed by atoms with Gasteiger partial charge in [-0.05, 0) is 42.8 Å². The minimum absolute atomic E-state index is 0.133. The molecule has 0 aliphatic carbocycles. The molecule has 0 saturated carbocycles. The molecule has 2 N–H and O–H groups in total. The van der Waals surface area contributed by atoms with E-state index in [1.165, 1.54) is 5.56 Å². The Kier molecular flexibility index (Phi) is 5.57. The van der Waals surface area contributed by atoms with Gasteiger partial charge >= 0.3 is 0 Å².